The Morgan fingerprint density at radius 2 is 2.09 bits per heavy atom. The minimum Gasteiger partial charge on any atom is -0.467 e. The lowest BCUT2D eigenvalue weighted by Crippen LogP contribution is -2.53. The monoisotopic (exact) mass is 301 g/mol. The molecule has 1 atom stereocenters. The molecule has 0 aromatic heterocycles. The summed E-state index contributed by atoms with van der Waals surface area (Å²) in [6.45, 7) is 0.591. The molecule has 2 rings (SSSR count). The Hall–Kier alpha value is -2.48. The highest BCUT2D eigenvalue weighted by Crippen LogP contribution is 2.34. The first-order chi connectivity index (χ1) is 10.6. The average Bonchev–Trinajstić information content (AvgIpc) is 2.98. The van der Waals surface area contributed by atoms with E-state index in [9.17, 15) is 9.59 Å². The lowest BCUT2D eigenvalue weighted by Gasteiger charge is -2.33. The minimum absolute atomic E-state index is 0.125. The quantitative estimate of drug-likeness (QED) is 0.633. The Balaban J connectivity index is 2.10. The molecule has 116 valence electrons. The number of carbonyl (C=O) groups is 2. The number of methoxy groups -OCH3 is 1. The van der Waals surface area contributed by atoms with Gasteiger partial charge >= 0.3 is 12.1 Å². The van der Waals surface area contributed by atoms with Gasteiger partial charge < -0.3 is 9.47 Å². The summed E-state index contributed by atoms with van der Waals surface area (Å²) in [7, 11) is 1.30. The van der Waals surface area contributed by atoms with Crippen molar-refractivity contribution >= 4 is 12.1 Å². The molecular weight excluding hydrogens is 282 g/mol. The van der Waals surface area contributed by atoms with Gasteiger partial charge in [0.2, 0.25) is 0 Å². The standard InChI is InChI=1S/C17H19NO4/c1-3-10-17(15(19)21-2)11-7-12-18(17)16(20)22-13-14-8-5-4-6-9-14/h1,4-6,8-9H,7,10-13H2,2H3/t17-/m0/s1. The maximum absolute atomic E-state index is 12.4. The van der Waals surface area contributed by atoms with Crippen LogP contribution in [0.1, 0.15) is 24.8 Å². The molecule has 22 heavy (non-hydrogen) atoms. The van der Waals surface area contributed by atoms with Crippen molar-refractivity contribution in [1.82, 2.24) is 4.90 Å². The van der Waals surface area contributed by atoms with E-state index in [-0.39, 0.29) is 13.0 Å². The molecule has 1 aromatic rings. The largest absolute Gasteiger partial charge is 0.467 e. The van der Waals surface area contributed by atoms with Crippen LogP contribution < -0.4 is 0 Å². The van der Waals surface area contributed by atoms with Gasteiger partial charge in [-0.1, -0.05) is 30.3 Å². The summed E-state index contributed by atoms with van der Waals surface area (Å²) in [5.41, 5.74) is -0.215. The van der Waals surface area contributed by atoms with E-state index in [4.69, 9.17) is 15.9 Å². The second-order valence-corrected chi connectivity index (χ2v) is 5.20. The zero-order valence-electron chi connectivity index (χ0n) is 12.6. The molecule has 0 saturated carbocycles. The number of hydrogen-bond donors (Lipinski definition) is 0. The lowest BCUT2D eigenvalue weighted by molar-refractivity contribution is -0.152. The fourth-order valence-electron chi connectivity index (χ4n) is 2.77. The van der Waals surface area contributed by atoms with Gasteiger partial charge in [-0.25, -0.2) is 9.59 Å². The zero-order valence-corrected chi connectivity index (χ0v) is 12.6. The van der Waals surface area contributed by atoms with Gasteiger partial charge in [-0.15, -0.1) is 12.3 Å². The van der Waals surface area contributed by atoms with Gasteiger partial charge in [0.05, 0.1) is 7.11 Å². The van der Waals surface area contributed by atoms with Crippen LogP contribution in [0.25, 0.3) is 0 Å². The molecule has 0 radical (unpaired) electrons. The van der Waals surface area contributed by atoms with Crippen LogP contribution >= 0.6 is 0 Å². The van der Waals surface area contributed by atoms with Crippen molar-refractivity contribution in [1.29, 1.82) is 0 Å². The van der Waals surface area contributed by atoms with Crippen LogP contribution in [0.2, 0.25) is 0 Å². The number of amides is 1. The first kappa shape index (κ1) is 15.9. The molecule has 1 fully saturated rings. The van der Waals surface area contributed by atoms with E-state index >= 15 is 0 Å². The number of rotatable bonds is 4. The van der Waals surface area contributed by atoms with Crippen molar-refractivity contribution < 1.29 is 19.1 Å². The predicted molar refractivity (Wildman–Crippen MR) is 80.8 cm³/mol. The number of carbonyl (C=O) groups excluding carboxylic acids is 2. The Bertz CT molecular complexity index is 578. The number of terminal acetylenes is 1. The fraction of sp³-hybridized carbons (Fsp3) is 0.412. The molecule has 0 bridgehead atoms. The summed E-state index contributed by atoms with van der Waals surface area (Å²) >= 11 is 0. The number of benzene rings is 1. The highest BCUT2D eigenvalue weighted by atomic mass is 16.6. The third-order valence-corrected chi connectivity index (χ3v) is 3.87. The molecule has 1 aliphatic heterocycles. The minimum atomic E-state index is -1.10. The summed E-state index contributed by atoms with van der Waals surface area (Å²) in [6.07, 6.45) is 6.14. The molecular formula is C17H19NO4. The van der Waals surface area contributed by atoms with Crippen molar-refractivity contribution in [2.24, 2.45) is 0 Å². The first-order valence-electron chi connectivity index (χ1n) is 7.14. The highest BCUT2D eigenvalue weighted by Gasteiger charge is 2.51. The summed E-state index contributed by atoms with van der Waals surface area (Å²) in [6, 6.07) is 9.37. The number of esters is 1. The van der Waals surface area contributed by atoms with Crippen LogP contribution in [-0.2, 0) is 20.9 Å². The number of hydrogen-bond acceptors (Lipinski definition) is 4. The van der Waals surface area contributed by atoms with E-state index in [0.717, 1.165) is 5.56 Å². The molecule has 0 spiro atoms. The molecule has 0 aliphatic carbocycles. The van der Waals surface area contributed by atoms with Crippen molar-refractivity contribution in [3.05, 3.63) is 35.9 Å². The van der Waals surface area contributed by atoms with Gasteiger partial charge in [0.25, 0.3) is 0 Å². The van der Waals surface area contributed by atoms with Crippen molar-refractivity contribution in [3.63, 3.8) is 0 Å². The van der Waals surface area contributed by atoms with Crippen LogP contribution in [0.3, 0.4) is 0 Å². The summed E-state index contributed by atoms with van der Waals surface area (Å²) < 4.78 is 10.2. The van der Waals surface area contributed by atoms with E-state index < -0.39 is 17.6 Å². The smallest absolute Gasteiger partial charge is 0.411 e. The molecule has 1 aliphatic rings. The Morgan fingerprint density at radius 3 is 2.73 bits per heavy atom. The topological polar surface area (TPSA) is 55.8 Å². The second-order valence-electron chi connectivity index (χ2n) is 5.20. The van der Waals surface area contributed by atoms with Crippen molar-refractivity contribution in [2.75, 3.05) is 13.7 Å². The normalized spacial score (nSPS) is 20.3. The third-order valence-electron chi connectivity index (χ3n) is 3.87. The first-order valence-corrected chi connectivity index (χ1v) is 7.14. The molecule has 0 N–H and O–H groups in total. The molecule has 5 heteroatoms. The SMILES string of the molecule is C#CC[C@@]1(C(=O)OC)CCCN1C(=O)OCc1ccccc1. The van der Waals surface area contributed by atoms with E-state index in [1.807, 2.05) is 30.3 Å². The lowest BCUT2D eigenvalue weighted by atomic mass is 9.92. The molecule has 1 saturated heterocycles. The van der Waals surface area contributed by atoms with E-state index in [1.165, 1.54) is 12.0 Å². The van der Waals surface area contributed by atoms with Crippen molar-refractivity contribution in [3.8, 4) is 12.3 Å². The Morgan fingerprint density at radius 1 is 1.36 bits per heavy atom. The van der Waals surface area contributed by atoms with Gasteiger partial charge in [-0.3, -0.25) is 4.90 Å². The van der Waals surface area contributed by atoms with Gasteiger partial charge in [0.1, 0.15) is 6.61 Å². The summed E-state index contributed by atoms with van der Waals surface area (Å²) in [5.74, 6) is 1.99. The van der Waals surface area contributed by atoms with Gasteiger partial charge in [-0.05, 0) is 18.4 Å². The molecule has 1 amide bonds. The highest BCUT2D eigenvalue weighted by molar-refractivity contribution is 5.86. The van der Waals surface area contributed by atoms with Gasteiger partial charge in [0, 0.05) is 13.0 Å². The van der Waals surface area contributed by atoms with E-state index in [0.29, 0.717) is 19.4 Å². The van der Waals surface area contributed by atoms with E-state index in [1.54, 1.807) is 0 Å². The van der Waals surface area contributed by atoms with Gasteiger partial charge in [0.15, 0.2) is 5.54 Å². The molecule has 0 unspecified atom stereocenters. The van der Waals surface area contributed by atoms with E-state index in [2.05, 4.69) is 5.92 Å². The fourth-order valence-corrected chi connectivity index (χ4v) is 2.77. The Kier molecular flexibility index (Phi) is 5.05. The number of nitrogens with zero attached hydrogens (tertiary/aromatic N) is 1. The number of ether oxygens (including phenoxy) is 2. The van der Waals surface area contributed by atoms with Crippen LogP contribution in [0.5, 0.6) is 0 Å². The Labute approximate surface area is 130 Å². The average molecular weight is 301 g/mol. The molecule has 5 nitrogen and oxygen atoms in total. The summed E-state index contributed by atoms with van der Waals surface area (Å²) in [4.78, 5) is 25.9. The zero-order chi connectivity index (χ0) is 16.0. The summed E-state index contributed by atoms with van der Waals surface area (Å²) in [5, 5.41) is 0. The molecule has 1 heterocycles. The van der Waals surface area contributed by atoms with Crippen LogP contribution in [-0.4, -0.2) is 36.2 Å². The van der Waals surface area contributed by atoms with Crippen LogP contribution in [0.15, 0.2) is 30.3 Å². The maximum Gasteiger partial charge on any atom is 0.411 e. The van der Waals surface area contributed by atoms with Crippen LogP contribution in [0, 0.1) is 12.3 Å². The predicted octanol–water partition coefficient (Wildman–Crippen LogP) is 2.35. The molecule has 1 aromatic carbocycles. The van der Waals surface area contributed by atoms with Crippen molar-refractivity contribution in [2.45, 2.75) is 31.4 Å². The number of likely N-dealkylation sites (tertiary alicyclic amines) is 1. The third kappa shape index (κ3) is 3.06. The van der Waals surface area contributed by atoms with Crippen LogP contribution in [0.4, 0.5) is 4.79 Å². The maximum atomic E-state index is 12.4. The van der Waals surface area contributed by atoms with Gasteiger partial charge in [-0.2, -0.15) is 0 Å². The second kappa shape index (κ2) is 6.99.